The Morgan fingerprint density at radius 2 is 2.14 bits per heavy atom. The fourth-order valence-corrected chi connectivity index (χ4v) is 1.86. The molecule has 0 saturated heterocycles. The van der Waals surface area contributed by atoms with Gasteiger partial charge in [-0.25, -0.2) is 9.97 Å². The molecule has 0 unspecified atom stereocenters. The largest absolute Gasteiger partial charge is 0.494 e. The molecule has 0 amide bonds. The van der Waals surface area contributed by atoms with Gasteiger partial charge in [-0.2, -0.15) is 0 Å². The Bertz CT molecular complexity index is 723. The lowest BCUT2D eigenvalue weighted by Crippen LogP contribution is -2.21. The summed E-state index contributed by atoms with van der Waals surface area (Å²) in [6, 6.07) is 5.95. The highest BCUT2D eigenvalue weighted by Gasteiger charge is 2.12. The number of anilines is 2. The van der Waals surface area contributed by atoms with Gasteiger partial charge < -0.3 is 15.4 Å². The van der Waals surface area contributed by atoms with Gasteiger partial charge in [0.05, 0.1) is 23.8 Å². The fourth-order valence-electron chi connectivity index (χ4n) is 1.66. The summed E-state index contributed by atoms with van der Waals surface area (Å²) in [5, 5.41) is 16.7. The number of rotatable bonds is 4. The number of hydrogen-bond donors (Lipinski definition) is 2. The molecule has 0 fully saturated rings. The van der Waals surface area contributed by atoms with Crippen LogP contribution in [0.25, 0.3) is 0 Å². The highest BCUT2D eigenvalue weighted by Crippen LogP contribution is 2.29. The normalized spacial score (nSPS) is 9.91. The zero-order chi connectivity index (χ0) is 16.1. The Balaban J connectivity index is 2.12. The number of nitro groups is 1. The molecule has 0 atom stereocenters. The standard InChI is InChI=1S/C13H13N5O3S/c1-8-5-6-14-12(15-8)17-13(22)16-10-4-3-9(18(19)20)7-11(10)21-2/h3-7H,1-2H3,(H2,14,15,16,17,22). The minimum absolute atomic E-state index is 0.0664. The molecule has 0 bridgehead atoms. The summed E-state index contributed by atoms with van der Waals surface area (Å²) in [6.45, 7) is 1.84. The number of nitrogens with one attached hydrogen (secondary N) is 2. The van der Waals surface area contributed by atoms with E-state index in [1.807, 2.05) is 6.92 Å². The fraction of sp³-hybridized carbons (Fsp3) is 0.154. The summed E-state index contributed by atoms with van der Waals surface area (Å²) in [7, 11) is 1.42. The van der Waals surface area contributed by atoms with Gasteiger partial charge in [0.25, 0.3) is 5.69 Å². The molecule has 8 nitrogen and oxygen atoms in total. The number of non-ortho nitro benzene ring substituents is 1. The molecule has 1 aromatic heterocycles. The third kappa shape index (κ3) is 3.85. The van der Waals surface area contributed by atoms with Crippen molar-refractivity contribution in [1.29, 1.82) is 0 Å². The van der Waals surface area contributed by atoms with Crippen molar-refractivity contribution < 1.29 is 9.66 Å². The van der Waals surface area contributed by atoms with Crippen molar-refractivity contribution in [2.75, 3.05) is 17.7 Å². The van der Waals surface area contributed by atoms with Crippen molar-refractivity contribution in [3.05, 3.63) is 46.3 Å². The summed E-state index contributed by atoms with van der Waals surface area (Å²) in [5.74, 6) is 0.668. The predicted octanol–water partition coefficient (Wildman–Crippen LogP) is 2.51. The van der Waals surface area contributed by atoms with Crippen LogP contribution in [0.4, 0.5) is 17.3 Å². The van der Waals surface area contributed by atoms with Crippen LogP contribution in [-0.2, 0) is 0 Å². The summed E-state index contributed by atoms with van der Waals surface area (Å²) in [6.07, 6.45) is 1.61. The molecule has 0 aliphatic rings. The zero-order valence-electron chi connectivity index (χ0n) is 11.9. The number of nitrogens with zero attached hydrogens (tertiary/aromatic N) is 3. The molecule has 2 N–H and O–H groups in total. The van der Waals surface area contributed by atoms with Crippen LogP contribution in [0.15, 0.2) is 30.5 Å². The highest BCUT2D eigenvalue weighted by atomic mass is 32.1. The van der Waals surface area contributed by atoms with Crippen molar-refractivity contribution in [2.24, 2.45) is 0 Å². The second kappa shape index (κ2) is 6.76. The first-order valence-electron chi connectivity index (χ1n) is 6.19. The summed E-state index contributed by atoms with van der Waals surface area (Å²) >= 11 is 5.16. The van der Waals surface area contributed by atoms with E-state index in [2.05, 4.69) is 20.6 Å². The summed E-state index contributed by atoms with van der Waals surface area (Å²) < 4.78 is 5.12. The quantitative estimate of drug-likeness (QED) is 0.503. The Kier molecular flexibility index (Phi) is 4.79. The van der Waals surface area contributed by atoms with Gasteiger partial charge in [0.15, 0.2) is 5.11 Å². The van der Waals surface area contributed by atoms with Gasteiger partial charge in [-0.05, 0) is 31.3 Å². The van der Waals surface area contributed by atoms with E-state index in [0.29, 0.717) is 17.4 Å². The number of hydrogen-bond acceptors (Lipinski definition) is 6. The average molecular weight is 319 g/mol. The topological polar surface area (TPSA) is 102 Å². The van der Waals surface area contributed by atoms with E-state index in [1.165, 1.54) is 25.3 Å². The third-order valence-electron chi connectivity index (χ3n) is 2.66. The second-order valence-corrected chi connectivity index (χ2v) is 4.65. The molecule has 0 aliphatic heterocycles. The van der Waals surface area contributed by atoms with Crippen molar-refractivity contribution in [3.8, 4) is 5.75 Å². The minimum atomic E-state index is -0.497. The van der Waals surface area contributed by atoms with E-state index < -0.39 is 4.92 Å². The van der Waals surface area contributed by atoms with Crippen molar-refractivity contribution in [1.82, 2.24) is 9.97 Å². The van der Waals surface area contributed by atoms with Crippen LogP contribution in [0.1, 0.15) is 5.69 Å². The molecular formula is C13H13N5O3S. The molecule has 1 aromatic carbocycles. The third-order valence-corrected chi connectivity index (χ3v) is 2.87. The maximum Gasteiger partial charge on any atom is 0.273 e. The van der Waals surface area contributed by atoms with E-state index >= 15 is 0 Å². The zero-order valence-corrected chi connectivity index (χ0v) is 12.7. The SMILES string of the molecule is COc1cc([N+](=O)[O-])ccc1NC(=S)Nc1nccc(C)n1. The summed E-state index contributed by atoms with van der Waals surface area (Å²) in [4.78, 5) is 18.4. The van der Waals surface area contributed by atoms with Crippen LogP contribution in [-0.4, -0.2) is 27.1 Å². The lowest BCUT2D eigenvalue weighted by molar-refractivity contribution is -0.384. The number of aromatic nitrogens is 2. The van der Waals surface area contributed by atoms with Crippen LogP contribution >= 0.6 is 12.2 Å². The first kappa shape index (κ1) is 15.6. The van der Waals surface area contributed by atoms with E-state index in [-0.39, 0.29) is 10.8 Å². The first-order chi connectivity index (χ1) is 10.5. The number of aryl methyl sites for hydroxylation is 1. The molecule has 0 saturated carbocycles. The Morgan fingerprint density at radius 3 is 2.77 bits per heavy atom. The van der Waals surface area contributed by atoms with Crippen LogP contribution in [0.3, 0.4) is 0 Å². The van der Waals surface area contributed by atoms with Crippen molar-refractivity contribution in [2.45, 2.75) is 6.92 Å². The number of methoxy groups -OCH3 is 1. The average Bonchev–Trinajstić information content (AvgIpc) is 2.47. The van der Waals surface area contributed by atoms with E-state index in [0.717, 1.165) is 5.69 Å². The molecule has 2 rings (SSSR count). The number of nitro benzene ring substituents is 1. The van der Waals surface area contributed by atoms with Gasteiger partial charge >= 0.3 is 0 Å². The van der Waals surface area contributed by atoms with Crippen LogP contribution < -0.4 is 15.4 Å². The predicted molar refractivity (Wildman–Crippen MR) is 86.3 cm³/mol. The van der Waals surface area contributed by atoms with Gasteiger partial charge in [0.1, 0.15) is 5.75 Å². The lowest BCUT2D eigenvalue weighted by Gasteiger charge is -2.12. The molecule has 114 valence electrons. The van der Waals surface area contributed by atoms with Crippen LogP contribution in [0.2, 0.25) is 0 Å². The smallest absolute Gasteiger partial charge is 0.273 e. The first-order valence-corrected chi connectivity index (χ1v) is 6.60. The monoisotopic (exact) mass is 319 g/mol. The van der Waals surface area contributed by atoms with E-state index in [4.69, 9.17) is 17.0 Å². The van der Waals surface area contributed by atoms with Gasteiger partial charge in [-0.15, -0.1) is 0 Å². The number of thiocarbonyl (C=S) groups is 1. The van der Waals surface area contributed by atoms with E-state index in [9.17, 15) is 10.1 Å². The highest BCUT2D eigenvalue weighted by molar-refractivity contribution is 7.80. The Labute approximate surface area is 131 Å². The van der Waals surface area contributed by atoms with Crippen LogP contribution in [0.5, 0.6) is 5.75 Å². The number of benzene rings is 1. The van der Waals surface area contributed by atoms with Gasteiger partial charge in [-0.3, -0.25) is 10.1 Å². The summed E-state index contributed by atoms with van der Waals surface area (Å²) in [5.41, 5.74) is 1.23. The van der Waals surface area contributed by atoms with Crippen molar-refractivity contribution in [3.63, 3.8) is 0 Å². The van der Waals surface area contributed by atoms with Crippen LogP contribution in [0, 0.1) is 17.0 Å². The molecule has 2 aromatic rings. The lowest BCUT2D eigenvalue weighted by atomic mass is 10.2. The Hall–Kier alpha value is -2.81. The molecule has 0 radical (unpaired) electrons. The molecule has 0 spiro atoms. The molecule has 1 heterocycles. The van der Waals surface area contributed by atoms with Gasteiger partial charge in [0.2, 0.25) is 5.95 Å². The second-order valence-electron chi connectivity index (χ2n) is 4.24. The van der Waals surface area contributed by atoms with Gasteiger partial charge in [-0.1, -0.05) is 0 Å². The maximum absolute atomic E-state index is 10.8. The minimum Gasteiger partial charge on any atom is -0.494 e. The van der Waals surface area contributed by atoms with Crippen molar-refractivity contribution >= 4 is 34.7 Å². The molecular weight excluding hydrogens is 306 g/mol. The molecule has 0 aliphatic carbocycles. The van der Waals surface area contributed by atoms with Gasteiger partial charge in [0, 0.05) is 18.0 Å². The number of ether oxygens (including phenoxy) is 1. The maximum atomic E-state index is 10.8. The Morgan fingerprint density at radius 1 is 1.36 bits per heavy atom. The molecule has 9 heteroatoms. The molecule has 22 heavy (non-hydrogen) atoms. The van der Waals surface area contributed by atoms with E-state index in [1.54, 1.807) is 12.3 Å².